The quantitative estimate of drug-likeness (QED) is 0.880. The van der Waals surface area contributed by atoms with Crippen molar-refractivity contribution >= 4 is 27.2 Å². The monoisotopic (exact) mass is 247 g/mol. The van der Waals surface area contributed by atoms with E-state index < -0.39 is 0 Å². The predicted molar refractivity (Wildman–Crippen MR) is 73.7 cm³/mol. The van der Waals surface area contributed by atoms with Crippen LogP contribution in [0.5, 0.6) is 0 Å². The minimum absolute atomic E-state index is 0.240. The number of likely N-dealkylation sites (N-methyl/N-ethyl adjacent to an activating group) is 1. The number of hydrogen-bond donors (Lipinski definition) is 1. The molecule has 1 aromatic heterocycles. The van der Waals surface area contributed by atoms with E-state index in [1.54, 1.807) is 18.3 Å². The first-order valence-corrected chi connectivity index (χ1v) is 6.70. The van der Waals surface area contributed by atoms with Gasteiger partial charge in [0.1, 0.15) is 5.78 Å². The average Bonchev–Trinajstić information content (AvgIpc) is 2.71. The van der Waals surface area contributed by atoms with Crippen LogP contribution in [-0.2, 0) is 11.2 Å². The van der Waals surface area contributed by atoms with Gasteiger partial charge >= 0.3 is 0 Å². The van der Waals surface area contributed by atoms with Crippen LogP contribution in [0.1, 0.15) is 18.9 Å². The average molecular weight is 247 g/mol. The lowest BCUT2D eigenvalue weighted by Gasteiger charge is -2.13. The number of carbonyl (C=O) groups is 1. The minimum Gasteiger partial charge on any atom is -0.316 e. The zero-order chi connectivity index (χ0) is 12.3. The number of rotatable bonds is 5. The Bertz CT molecular complexity index is 518. The summed E-state index contributed by atoms with van der Waals surface area (Å²) >= 11 is 1.77. The Hall–Kier alpha value is -1.19. The molecule has 1 heterocycles. The van der Waals surface area contributed by atoms with Gasteiger partial charge in [0.05, 0.1) is 0 Å². The van der Waals surface area contributed by atoms with E-state index in [1.807, 2.05) is 7.05 Å². The Labute approximate surface area is 106 Å². The molecular formula is C14H17NOS. The van der Waals surface area contributed by atoms with E-state index in [-0.39, 0.29) is 11.8 Å². The fourth-order valence-corrected chi connectivity index (χ4v) is 3.06. The predicted octanol–water partition coefficient (Wildman–Crippen LogP) is 3.01. The molecule has 17 heavy (non-hydrogen) atoms. The van der Waals surface area contributed by atoms with Crippen molar-refractivity contribution in [3.63, 3.8) is 0 Å². The Morgan fingerprint density at radius 1 is 1.41 bits per heavy atom. The van der Waals surface area contributed by atoms with Gasteiger partial charge < -0.3 is 5.32 Å². The van der Waals surface area contributed by atoms with Crippen molar-refractivity contribution in [3.8, 4) is 0 Å². The smallest absolute Gasteiger partial charge is 0.131 e. The van der Waals surface area contributed by atoms with E-state index in [0.29, 0.717) is 6.42 Å². The second-order valence-corrected chi connectivity index (χ2v) is 5.26. The number of hydrogen-bond acceptors (Lipinski definition) is 3. The Morgan fingerprint density at radius 3 is 2.88 bits per heavy atom. The molecule has 2 aromatic rings. The maximum atomic E-state index is 11.2. The van der Waals surface area contributed by atoms with E-state index in [0.717, 1.165) is 6.42 Å². The van der Waals surface area contributed by atoms with Crippen molar-refractivity contribution in [3.05, 3.63) is 35.2 Å². The molecule has 2 rings (SSSR count). The molecule has 3 heteroatoms. The first kappa shape index (κ1) is 12.3. The van der Waals surface area contributed by atoms with E-state index in [2.05, 4.69) is 35.0 Å². The molecule has 1 aromatic carbocycles. The molecule has 0 amide bonds. The van der Waals surface area contributed by atoms with Crippen molar-refractivity contribution in [1.82, 2.24) is 5.32 Å². The molecule has 2 nitrogen and oxygen atoms in total. The van der Waals surface area contributed by atoms with Gasteiger partial charge in [0.25, 0.3) is 0 Å². The van der Waals surface area contributed by atoms with Gasteiger partial charge in [-0.1, -0.05) is 18.2 Å². The summed E-state index contributed by atoms with van der Waals surface area (Å²) in [4.78, 5) is 11.2. The van der Waals surface area contributed by atoms with Crippen LogP contribution in [0, 0.1) is 0 Å². The van der Waals surface area contributed by atoms with Gasteiger partial charge in [0, 0.05) is 17.2 Å². The number of carbonyl (C=O) groups excluding carboxylic acids is 1. The van der Waals surface area contributed by atoms with Crippen LogP contribution in [-0.4, -0.2) is 18.9 Å². The second kappa shape index (κ2) is 5.43. The summed E-state index contributed by atoms with van der Waals surface area (Å²) in [7, 11) is 1.92. The van der Waals surface area contributed by atoms with E-state index in [4.69, 9.17) is 0 Å². The number of benzene rings is 1. The molecule has 1 atom stereocenters. The van der Waals surface area contributed by atoms with Crippen molar-refractivity contribution in [2.45, 2.75) is 25.8 Å². The molecule has 0 aliphatic carbocycles. The molecule has 0 bridgehead atoms. The van der Waals surface area contributed by atoms with Crippen LogP contribution in [0.4, 0.5) is 0 Å². The van der Waals surface area contributed by atoms with Crippen LogP contribution in [0.3, 0.4) is 0 Å². The van der Waals surface area contributed by atoms with Crippen molar-refractivity contribution in [2.24, 2.45) is 0 Å². The van der Waals surface area contributed by atoms with Crippen molar-refractivity contribution < 1.29 is 4.79 Å². The Balaban J connectivity index is 2.19. The first-order valence-electron chi connectivity index (χ1n) is 5.82. The van der Waals surface area contributed by atoms with Crippen molar-refractivity contribution in [1.29, 1.82) is 0 Å². The summed E-state index contributed by atoms with van der Waals surface area (Å²) < 4.78 is 1.32. The summed E-state index contributed by atoms with van der Waals surface area (Å²) in [5.41, 5.74) is 1.34. The van der Waals surface area contributed by atoms with Gasteiger partial charge in [-0.3, -0.25) is 4.79 Å². The lowest BCUT2D eigenvalue weighted by Crippen LogP contribution is -2.29. The SMILES string of the molecule is CN[C@H](CC(C)=O)Cc1csc2ccccc12. The van der Waals surface area contributed by atoms with Gasteiger partial charge in [-0.05, 0) is 42.8 Å². The molecular weight excluding hydrogens is 230 g/mol. The fourth-order valence-electron chi connectivity index (χ4n) is 2.08. The zero-order valence-corrected chi connectivity index (χ0v) is 11.0. The lowest BCUT2D eigenvalue weighted by molar-refractivity contribution is -0.117. The number of nitrogens with one attached hydrogen (secondary N) is 1. The molecule has 0 saturated carbocycles. The van der Waals surface area contributed by atoms with Crippen LogP contribution < -0.4 is 5.32 Å². The van der Waals surface area contributed by atoms with Crippen molar-refractivity contribution in [2.75, 3.05) is 7.05 Å². The maximum Gasteiger partial charge on any atom is 0.131 e. The Kier molecular flexibility index (Phi) is 3.92. The summed E-state index contributed by atoms with van der Waals surface area (Å²) in [6.07, 6.45) is 1.51. The fraction of sp³-hybridized carbons (Fsp3) is 0.357. The van der Waals surface area contributed by atoms with Crippen LogP contribution in [0.15, 0.2) is 29.6 Å². The van der Waals surface area contributed by atoms with Crippen LogP contribution in [0.25, 0.3) is 10.1 Å². The summed E-state index contributed by atoms with van der Waals surface area (Å²) in [5, 5.41) is 6.74. The van der Waals surface area contributed by atoms with Gasteiger partial charge in [0.2, 0.25) is 0 Å². The minimum atomic E-state index is 0.240. The molecule has 0 spiro atoms. The molecule has 1 N–H and O–H groups in total. The van der Waals surface area contributed by atoms with Crippen LogP contribution >= 0.6 is 11.3 Å². The highest BCUT2D eigenvalue weighted by Crippen LogP contribution is 2.26. The normalized spacial score (nSPS) is 12.8. The van der Waals surface area contributed by atoms with Gasteiger partial charge in [-0.15, -0.1) is 11.3 Å². The largest absolute Gasteiger partial charge is 0.316 e. The molecule has 0 aliphatic rings. The third-order valence-electron chi connectivity index (χ3n) is 2.97. The molecule has 0 aliphatic heterocycles. The van der Waals surface area contributed by atoms with E-state index >= 15 is 0 Å². The highest BCUT2D eigenvalue weighted by molar-refractivity contribution is 7.17. The lowest BCUT2D eigenvalue weighted by atomic mass is 10.0. The zero-order valence-electron chi connectivity index (χ0n) is 10.2. The standard InChI is InChI=1S/C14H17NOS/c1-10(16)7-12(15-2)8-11-9-17-14-6-4-3-5-13(11)14/h3-6,9,12,15H,7-8H2,1-2H3/t12-/m1/s1. The summed E-state index contributed by atoms with van der Waals surface area (Å²) in [5.74, 6) is 0.240. The molecule has 90 valence electrons. The number of fused-ring (bicyclic) bond motifs is 1. The van der Waals surface area contributed by atoms with Gasteiger partial charge in [0.15, 0.2) is 0 Å². The first-order chi connectivity index (χ1) is 8.20. The third kappa shape index (κ3) is 2.93. The van der Waals surface area contributed by atoms with Gasteiger partial charge in [-0.25, -0.2) is 0 Å². The number of ketones is 1. The third-order valence-corrected chi connectivity index (χ3v) is 3.98. The molecule has 0 saturated heterocycles. The topological polar surface area (TPSA) is 29.1 Å². The van der Waals surface area contributed by atoms with E-state index in [1.165, 1.54) is 15.6 Å². The Morgan fingerprint density at radius 2 is 2.18 bits per heavy atom. The molecule has 0 fully saturated rings. The summed E-state index contributed by atoms with van der Waals surface area (Å²) in [6.45, 7) is 1.65. The number of thiophene rings is 1. The van der Waals surface area contributed by atoms with E-state index in [9.17, 15) is 4.79 Å². The van der Waals surface area contributed by atoms with Crippen LogP contribution in [0.2, 0.25) is 0 Å². The highest BCUT2D eigenvalue weighted by atomic mass is 32.1. The molecule has 0 unspecified atom stereocenters. The van der Waals surface area contributed by atoms with Gasteiger partial charge in [-0.2, -0.15) is 0 Å². The number of Topliss-reactive ketones (excluding diaryl/α,β-unsaturated/α-hetero) is 1. The second-order valence-electron chi connectivity index (χ2n) is 4.35. The maximum absolute atomic E-state index is 11.2. The summed E-state index contributed by atoms with van der Waals surface area (Å²) in [6, 6.07) is 8.67. The highest BCUT2D eigenvalue weighted by Gasteiger charge is 2.12. The molecule has 0 radical (unpaired) electrons.